The van der Waals surface area contributed by atoms with E-state index in [1.807, 2.05) is 17.5 Å². The SMILES string of the molecule is CCN1CCN(c2ncc(CNC(C)(C)C)s2)CC1. The number of thiazole rings is 1. The van der Waals surface area contributed by atoms with Crippen LogP contribution < -0.4 is 10.2 Å². The minimum atomic E-state index is 0.164. The molecule has 0 aliphatic carbocycles. The fourth-order valence-corrected chi connectivity index (χ4v) is 3.03. The quantitative estimate of drug-likeness (QED) is 0.917. The number of aromatic nitrogens is 1. The van der Waals surface area contributed by atoms with Gasteiger partial charge in [-0.2, -0.15) is 0 Å². The molecule has 19 heavy (non-hydrogen) atoms. The molecule has 2 rings (SSSR count). The molecule has 4 nitrogen and oxygen atoms in total. The van der Waals surface area contributed by atoms with Crippen LogP contribution in [0.15, 0.2) is 6.20 Å². The monoisotopic (exact) mass is 282 g/mol. The van der Waals surface area contributed by atoms with Gasteiger partial charge in [-0.05, 0) is 27.3 Å². The van der Waals surface area contributed by atoms with Gasteiger partial charge in [-0.1, -0.05) is 6.92 Å². The van der Waals surface area contributed by atoms with Crippen LogP contribution in [0.3, 0.4) is 0 Å². The number of piperazine rings is 1. The van der Waals surface area contributed by atoms with Gasteiger partial charge in [0.2, 0.25) is 0 Å². The van der Waals surface area contributed by atoms with Gasteiger partial charge in [-0.3, -0.25) is 0 Å². The van der Waals surface area contributed by atoms with Crippen LogP contribution in [0.2, 0.25) is 0 Å². The second-order valence-electron chi connectivity index (χ2n) is 6.13. The highest BCUT2D eigenvalue weighted by Crippen LogP contribution is 2.23. The normalized spacial score (nSPS) is 18.0. The van der Waals surface area contributed by atoms with E-state index in [0.29, 0.717) is 0 Å². The molecule has 0 bridgehead atoms. The highest BCUT2D eigenvalue weighted by Gasteiger charge is 2.18. The maximum absolute atomic E-state index is 4.58. The van der Waals surface area contributed by atoms with Gasteiger partial charge in [0.05, 0.1) is 0 Å². The summed E-state index contributed by atoms with van der Waals surface area (Å²) in [6, 6.07) is 0. The van der Waals surface area contributed by atoms with Crippen molar-refractivity contribution in [3.63, 3.8) is 0 Å². The van der Waals surface area contributed by atoms with Crippen molar-refractivity contribution < 1.29 is 0 Å². The van der Waals surface area contributed by atoms with E-state index in [-0.39, 0.29) is 5.54 Å². The third-order valence-electron chi connectivity index (χ3n) is 3.42. The molecule has 0 saturated carbocycles. The Kier molecular flexibility index (Phi) is 4.81. The summed E-state index contributed by atoms with van der Waals surface area (Å²) < 4.78 is 0. The molecule has 1 aliphatic heterocycles. The number of anilines is 1. The van der Waals surface area contributed by atoms with E-state index in [1.54, 1.807) is 0 Å². The Morgan fingerprint density at radius 1 is 1.26 bits per heavy atom. The Morgan fingerprint density at radius 2 is 1.95 bits per heavy atom. The minimum absolute atomic E-state index is 0.164. The lowest BCUT2D eigenvalue weighted by Gasteiger charge is -2.33. The lowest BCUT2D eigenvalue weighted by molar-refractivity contribution is 0.271. The molecule has 0 radical (unpaired) electrons. The smallest absolute Gasteiger partial charge is 0.185 e. The van der Waals surface area contributed by atoms with Gasteiger partial charge < -0.3 is 15.1 Å². The van der Waals surface area contributed by atoms with Gasteiger partial charge in [0.1, 0.15) is 0 Å². The predicted octanol–water partition coefficient (Wildman–Crippen LogP) is 2.17. The van der Waals surface area contributed by atoms with Crippen molar-refractivity contribution in [3.05, 3.63) is 11.1 Å². The molecule has 1 aliphatic rings. The summed E-state index contributed by atoms with van der Waals surface area (Å²) in [6.45, 7) is 15.4. The molecule has 0 aromatic carbocycles. The predicted molar refractivity (Wildman–Crippen MR) is 83.0 cm³/mol. The van der Waals surface area contributed by atoms with Crippen molar-refractivity contribution in [1.29, 1.82) is 0 Å². The van der Waals surface area contributed by atoms with E-state index in [0.717, 1.165) is 39.3 Å². The molecular weight excluding hydrogens is 256 g/mol. The van der Waals surface area contributed by atoms with E-state index in [9.17, 15) is 0 Å². The molecule has 1 saturated heterocycles. The Hall–Kier alpha value is -0.650. The first-order valence-corrected chi connectivity index (χ1v) is 7.96. The van der Waals surface area contributed by atoms with Gasteiger partial charge in [-0.15, -0.1) is 11.3 Å². The van der Waals surface area contributed by atoms with Crippen LogP contribution in [0.5, 0.6) is 0 Å². The second-order valence-corrected chi connectivity index (χ2v) is 7.23. The van der Waals surface area contributed by atoms with E-state index >= 15 is 0 Å². The summed E-state index contributed by atoms with van der Waals surface area (Å²) in [5, 5.41) is 4.70. The standard InChI is InChI=1S/C14H26N4S/c1-5-17-6-8-18(9-7-17)13-15-10-12(19-13)11-16-14(2,3)4/h10,16H,5-9,11H2,1-4H3. The molecule has 5 heteroatoms. The largest absolute Gasteiger partial charge is 0.346 e. The molecule has 2 heterocycles. The van der Waals surface area contributed by atoms with E-state index in [4.69, 9.17) is 0 Å². The molecule has 0 amide bonds. The number of hydrogen-bond donors (Lipinski definition) is 1. The van der Waals surface area contributed by atoms with Crippen LogP contribution in [0.4, 0.5) is 5.13 Å². The number of hydrogen-bond acceptors (Lipinski definition) is 5. The summed E-state index contributed by atoms with van der Waals surface area (Å²) in [7, 11) is 0. The van der Waals surface area contributed by atoms with Gasteiger partial charge in [-0.25, -0.2) is 4.98 Å². The number of rotatable bonds is 4. The molecule has 108 valence electrons. The highest BCUT2D eigenvalue weighted by molar-refractivity contribution is 7.15. The summed E-state index contributed by atoms with van der Waals surface area (Å²) in [4.78, 5) is 10.8. The molecule has 1 aromatic heterocycles. The van der Waals surface area contributed by atoms with Crippen molar-refractivity contribution in [1.82, 2.24) is 15.2 Å². The lowest BCUT2D eigenvalue weighted by atomic mass is 10.1. The first-order chi connectivity index (χ1) is 8.98. The maximum Gasteiger partial charge on any atom is 0.185 e. The molecule has 0 atom stereocenters. The van der Waals surface area contributed by atoms with Crippen molar-refractivity contribution in [2.45, 2.75) is 39.8 Å². The number of likely N-dealkylation sites (N-methyl/N-ethyl adjacent to an activating group) is 1. The van der Waals surface area contributed by atoms with E-state index in [2.05, 4.69) is 47.8 Å². The zero-order valence-electron chi connectivity index (χ0n) is 12.6. The average molecular weight is 282 g/mol. The molecule has 1 N–H and O–H groups in total. The van der Waals surface area contributed by atoms with Crippen LogP contribution in [0.1, 0.15) is 32.6 Å². The van der Waals surface area contributed by atoms with Crippen molar-refractivity contribution >= 4 is 16.5 Å². The van der Waals surface area contributed by atoms with Crippen molar-refractivity contribution in [3.8, 4) is 0 Å². The third-order valence-corrected chi connectivity index (χ3v) is 4.48. The summed E-state index contributed by atoms with van der Waals surface area (Å²) in [5.41, 5.74) is 0.164. The van der Waals surface area contributed by atoms with Crippen LogP contribution in [-0.4, -0.2) is 48.1 Å². The van der Waals surface area contributed by atoms with E-state index < -0.39 is 0 Å². The molecule has 0 spiro atoms. The van der Waals surface area contributed by atoms with Gasteiger partial charge >= 0.3 is 0 Å². The van der Waals surface area contributed by atoms with Gasteiger partial charge in [0.15, 0.2) is 5.13 Å². The van der Waals surface area contributed by atoms with Crippen LogP contribution >= 0.6 is 11.3 Å². The van der Waals surface area contributed by atoms with E-state index in [1.165, 1.54) is 10.0 Å². The summed E-state index contributed by atoms with van der Waals surface area (Å²) >= 11 is 1.82. The average Bonchev–Trinajstić information content (AvgIpc) is 2.84. The fourth-order valence-electron chi connectivity index (χ4n) is 2.13. The van der Waals surface area contributed by atoms with Crippen LogP contribution in [0.25, 0.3) is 0 Å². The first kappa shape index (κ1) is 14.8. The molecular formula is C14H26N4S. The maximum atomic E-state index is 4.58. The van der Waals surface area contributed by atoms with Gasteiger partial charge in [0, 0.05) is 49.3 Å². The lowest BCUT2D eigenvalue weighted by Crippen LogP contribution is -2.46. The zero-order valence-corrected chi connectivity index (χ0v) is 13.4. The second kappa shape index (κ2) is 6.20. The Morgan fingerprint density at radius 3 is 2.53 bits per heavy atom. The summed E-state index contributed by atoms with van der Waals surface area (Å²) in [6.07, 6.45) is 2.02. The fraction of sp³-hybridized carbons (Fsp3) is 0.786. The Bertz CT molecular complexity index is 388. The number of nitrogens with one attached hydrogen (secondary N) is 1. The van der Waals surface area contributed by atoms with Crippen molar-refractivity contribution in [2.75, 3.05) is 37.6 Å². The third kappa shape index (κ3) is 4.44. The summed E-state index contributed by atoms with van der Waals surface area (Å²) in [5.74, 6) is 0. The van der Waals surface area contributed by atoms with Crippen molar-refractivity contribution in [2.24, 2.45) is 0 Å². The molecule has 1 fully saturated rings. The molecule has 1 aromatic rings. The number of nitrogens with zero attached hydrogens (tertiary/aromatic N) is 3. The first-order valence-electron chi connectivity index (χ1n) is 7.15. The van der Waals surface area contributed by atoms with Crippen LogP contribution in [-0.2, 0) is 6.54 Å². The zero-order chi connectivity index (χ0) is 13.9. The van der Waals surface area contributed by atoms with Gasteiger partial charge in [0.25, 0.3) is 0 Å². The Labute approximate surface area is 120 Å². The Balaban J connectivity index is 1.87. The topological polar surface area (TPSA) is 31.4 Å². The highest BCUT2D eigenvalue weighted by atomic mass is 32.1. The van der Waals surface area contributed by atoms with Crippen LogP contribution in [0, 0.1) is 0 Å². The molecule has 0 unspecified atom stereocenters. The minimum Gasteiger partial charge on any atom is -0.346 e.